The smallest absolute Gasteiger partial charge is 0.231 e. The van der Waals surface area contributed by atoms with Crippen molar-refractivity contribution in [3.8, 4) is 5.75 Å². The summed E-state index contributed by atoms with van der Waals surface area (Å²) in [4.78, 5) is 19.9. The van der Waals surface area contributed by atoms with E-state index >= 15 is 0 Å². The zero-order valence-electron chi connectivity index (χ0n) is 11.8. The summed E-state index contributed by atoms with van der Waals surface area (Å²) in [6.45, 7) is 3.97. The highest BCUT2D eigenvalue weighted by atomic mass is 16.5. The first-order valence-electron chi connectivity index (χ1n) is 6.31. The van der Waals surface area contributed by atoms with Crippen LogP contribution < -0.4 is 10.1 Å². The van der Waals surface area contributed by atoms with E-state index in [9.17, 15) is 4.79 Å². The predicted octanol–water partition coefficient (Wildman–Crippen LogP) is 2.28. The van der Waals surface area contributed by atoms with Crippen LogP contribution in [-0.4, -0.2) is 23.0 Å². The molecule has 1 heterocycles. The van der Waals surface area contributed by atoms with Gasteiger partial charge in [-0.2, -0.15) is 0 Å². The number of hydrogen-bond acceptors (Lipinski definition) is 4. The minimum absolute atomic E-state index is 0.135. The van der Waals surface area contributed by atoms with E-state index in [1.807, 2.05) is 26.0 Å². The normalized spacial score (nSPS) is 10.2. The fraction of sp³-hybridized carbons (Fsp3) is 0.267. The summed E-state index contributed by atoms with van der Waals surface area (Å²) in [6, 6.07) is 5.49. The maximum atomic E-state index is 12.0. The van der Waals surface area contributed by atoms with E-state index in [4.69, 9.17) is 4.74 Å². The Morgan fingerprint density at radius 1 is 1.20 bits per heavy atom. The predicted molar refractivity (Wildman–Crippen MR) is 76.8 cm³/mol. The van der Waals surface area contributed by atoms with Crippen LogP contribution in [-0.2, 0) is 11.2 Å². The molecule has 0 radical (unpaired) electrons. The molecule has 1 aromatic carbocycles. The maximum absolute atomic E-state index is 12.0. The molecule has 0 bridgehead atoms. The third-order valence-electron chi connectivity index (χ3n) is 3.24. The van der Waals surface area contributed by atoms with Crippen LogP contribution >= 0.6 is 0 Å². The summed E-state index contributed by atoms with van der Waals surface area (Å²) in [6.07, 6.45) is 3.46. The van der Waals surface area contributed by atoms with E-state index in [1.165, 1.54) is 0 Å². The average Bonchev–Trinajstić information content (AvgIpc) is 2.45. The van der Waals surface area contributed by atoms with Gasteiger partial charge in [0.05, 0.1) is 13.5 Å². The highest BCUT2D eigenvalue weighted by molar-refractivity contribution is 5.90. The van der Waals surface area contributed by atoms with Gasteiger partial charge in [0.25, 0.3) is 0 Å². The molecule has 5 heteroatoms. The number of hydrogen-bond donors (Lipinski definition) is 1. The molecule has 0 aliphatic heterocycles. The van der Waals surface area contributed by atoms with E-state index in [0.717, 1.165) is 22.4 Å². The first-order chi connectivity index (χ1) is 9.61. The molecule has 0 aliphatic carbocycles. The number of ether oxygens (including phenoxy) is 1. The van der Waals surface area contributed by atoms with E-state index in [-0.39, 0.29) is 12.3 Å². The van der Waals surface area contributed by atoms with Gasteiger partial charge in [-0.25, -0.2) is 9.97 Å². The molecule has 0 spiro atoms. The first-order valence-corrected chi connectivity index (χ1v) is 6.31. The van der Waals surface area contributed by atoms with Gasteiger partial charge in [-0.15, -0.1) is 0 Å². The van der Waals surface area contributed by atoms with Gasteiger partial charge in [-0.1, -0.05) is 6.07 Å². The Hall–Kier alpha value is -2.43. The molecule has 1 aromatic heterocycles. The average molecular weight is 271 g/mol. The number of carbonyl (C=O) groups is 1. The van der Waals surface area contributed by atoms with Crippen LogP contribution in [0.25, 0.3) is 0 Å². The molecular weight excluding hydrogens is 254 g/mol. The molecule has 20 heavy (non-hydrogen) atoms. The van der Waals surface area contributed by atoms with Crippen LogP contribution in [0.4, 0.5) is 5.95 Å². The lowest BCUT2D eigenvalue weighted by Crippen LogP contribution is -2.17. The van der Waals surface area contributed by atoms with E-state index in [0.29, 0.717) is 5.95 Å². The number of rotatable bonds is 4. The zero-order chi connectivity index (χ0) is 14.5. The Morgan fingerprint density at radius 3 is 2.55 bits per heavy atom. The van der Waals surface area contributed by atoms with Crippen molar-refractivity contribution >= 4 is 11.9 Å². The van der Waals surface area contributed by atoms with Gasteiger partial charge < -0.3 is 4.74 Å². The topological polar surface area (TPSA) is 64.1 Å². The summed E-state index contributed by atoms with van der Waals surface area (Å²) in [5.74, 6) is 1.02. The molecule has 0 unspecified atom stereocenters. The molecule has 0 fully saturated rings. The number of nitrogens with zero attached hydrogens (tertiary/aromatic N) is 2. The first kappa shape index (κ1) is 14.0. The third-order valence-corrected chi connectivity index (χ3v) is 3.24. The summed E-state index contributed by atoms with van der Waals surface area (Å²) in [5.41, 5.74) is 3.08. The van der Waals surface area contributed by atoms with Crippen molar-refractivity contribution in [2.24, 2.45) is 0 Å². The number of benzene rings is 1. The second-order valence-electron chi connectivity index (χ2n) is 4.47. The van der Waals surface area contributed by atoms with Crippen LogP contribution in [0.2, 0.25) is 0 Å². The van der Waals surface area contributed by atoms with Gasteiger partial charge in [-0.3, -0.25) is 10.1 Å². The maximum Gasteiger partial charge on any atom is 0.231 e. The van der Waals surface area contributed by atoms with Crippen molar-refractivity contribution in [3.63, 3.8) is 0 Å². The van der Waals surface area contributed by atoms with Crippen LogP contribution in [0.15, 0.2) is 30.6 Å². The number of nitrogens with one attached hydrogen (secondary N) is 1. The van der Waals surface area contributed by atoms with Gasteiger partial charge in [0.15, 0.2) is 0 Å². The lowest BCUT2D eigenvalue weighted by Gasteiger charge is -2.12. The van der Waals surface area contributed by atoms with Crippen LogP contribution in [0.5, 0.6) is 5.75 Å². The Bertz CT molecular complexity index is 612. The van der Waals surface area contributed by atoms with Gasteiger partial charge in [0.1, 0.15) is 5.75 Å². The molecule has 5 nitrogen and oxygen atoms in total. The van der Waals surface area contributed by atoms with Crippen LogP contribution in [0, 0.1) is 13.8 Å². The van der Waals surface area contributed by atoms with Crippen molar-refractivity contribution in [2.75, 3.05) is 12.4 Å². The Balaban J connectivity index is 2.10. The second kappa shape index (κ2) is 6.14. The molecule has 1 amide bonds. The van der Waals surface area contributed by atoms with Crippen molar-refractivity contribution < 1.29 is 9.53 Å². The Labute approximate surface area is 118 Å². The molecule has 1 N–H and O–H groups in total. The highest BCUT2D eigenvalue weighted by Gasteiger charge is 2.11. The number of anilines is 1. The number of carbonyl (C=O) groups excluding carboxylic acids is 1. The molecule has 2 rings (SSSR count). The molecule has 0 aliphatic rings. The van der Waals surface area contributed by atoms with Crippen molar-refractivity contribution in [2.45, 2.75) is 20.3 Å². The number of amides is 1. The van der Waals surface area contributed by atoms with E-state index < -0.39 is 0 Å². The lowest BCUT2D eigenvalue weighted by molar-refractivity contribution is -0.115. The number of methoxy groups -OCH3 is 1. The second-order valence-corrected chi connectivity index (χ2v) is 4.47. The zero-order valence-corrected chi connectivity index (χ0v) is 11.8. The van der Waals surface area contributed by atoms with Gasteiger partial charge >= 0.3 is 0 Å². The fourth-order valence-corrected chi connectivity index (χ4v) is 1.97. The minimum Gasteiger partial charge on any atom is -0.496 e. The fourth-order valence-electron chi connectivity index (χ4n) is 1.97. The SMILES string of the molecule is COc1ccc(CC(=O)Nc2ncccn2)c(C)c1C. The van der Waals surface area contributed by atoms with Gasteiger partial charge in [0.2, 0.25) is 11.9 Å². The molecule has 0 saturated carbocycles. The van der Waals surface area contributed by atoms with Gasteiger partial charge in [0, 0.05) is 12.4 Å². The highest BCUT2D eigenvalue weighted by Crippen LogP contribution is 2.24. The Morgan fingerprint density at radius 2 is 1.90 bits per heavy atom. The van der Waals surface area contributed by atoms with Crippen LogP contribution in [0.1, 0.15) is 16.7 Å². The molecular formula is C15H17N3O2. The summed E-state index contributed by atoms with van der Waals surface area (Å²) >= 11 is 0. The summed E-state index contributed by atoms with van der Waals surface area (Å²) in [5, 5.41) is 2.67. The standard InChI is InChI=1S/C15H17N3O2/c1-10-11(2)13(20-3)6-5-12(10)9-14(19)18-15-16-7-4-8-17-15/h4-8H,9H2,1-3H3,(H,16,17,18,19). The summed E-state index contributed by atoms with van der Waals surface area (Å²) in [7, 11) is 1.64. The lowest BCUT2D eigenvalue weighted by atomic mass is 10.00. The minimum atomic E-state index is -0.135. The third kappa shape index (κ3) is 3.12. The molecule has 104 valence electrons. The Kier molecular flexibility index (Phi) is 4.30. The van der Waals surface area contributed by atoms with Crippen LogP contribution in [0.3, 0.4) is 0 Å². The van der Waals surface area contributed by atoms with Crippen molar-refractivity contribution in [3.05, 3.63) is 47.3 Å². The molecule has 0 atom stereocenters. The monoisotopic (exact) mass is 271 g/mol. The van der Waals surface area contributed by atoms with E-state index in [1.54, 1.807) is 25.6 Å². The van der Waals surface area contributed by atoms with Crippen molar-refractivity contribution in [1.29, 1.82) is 0 Å². The van der Waals surface area contributed by atoms with Crippen molar-refractivity contribution in [1.82, 2.24) is 9.97 Å². The largest absolute Gasteiger partial charge is 0.496 e. The molecule has 2 aromatic rings. The van der Waals surface area contributed by atoms with Gasteiger partial charge in [-0.05, 0) is 42.7 Å². The van der Waals surface area contributed by atoms with E-state index in [2.05, 4.69) is 15.3 Å². The quantitative estimate of drug-likeness (QED) is 0.926. The number of aromatic nitrogens is 2. The summed E-state index contributed by atoms with van der Waals surface area (Å²) < 4.78 is 5.26. The molecule has 0 saturated heterocycles.